The van der Waals surface area contributed by atoms with Gasteiger partial charge in [0.05, 0.1) is 23.3 Å². The van der Waals surface area contributed by atoms with Crippen LogP contribution in [-0.4, -0.2) is 29.9 Å². The summed E-state index contributed by atoms with van der Waals surface area (Å²) in [5.41, 5.74) is 5.78. The normalized spacial score (nSPS) is 10.6. The van der Waals surface area contributed by atoms with E-state index in [1.54, 1.807) is 0 Å². The quantitative estimate of drug-likeness (QED) is 0.148. The van der Waals surface area contributed by atoms with Crippen LogP contribution in [0.25, 0.3) is 89.7 Å². The van der Waals surface area contributed by atoms with Gasteiger partial charge in [-0.15, -0.1) is 0 Å². The van der Waals surface area contributed by atoms with Crippen molar-refractivity contribution in [2.24, 2.45) is 0 Å². The van der Waals surface area contributed by atoms with Crippen LogP contribution < -0.4 is 9.97 Å². The van der Waals surface area contributed by atoms with Crippen LogP contribution >= 0.6 is 0 Å². The zero-order chi connectivity index (χ0) is 32.2. The van der Waals surface area contributed by atoms with Crippen molar-refractivity contribution in [3.05, 3.63) is 97.1 Å². The molecule has 0 spiro atoms. The third kappa shape index (κ3) is 5.79. The van der Waals surface area contributed by atoms with Crippen molar-refractivity contribution in [1.82, 2.24) is 39.9 Å². The maximum absolute atomic E-state index is 4.95. The van der Waals surface area contributed by atoms with Crippen LogP contribution in [0, 0.1) is 0 Å². The Morgan fingerprint density at radius 1 is 0.319 bits per heavy atom. The van der Waals surface area contributed by atoms with Crippen LogP contribution in [0.1, 0.15) is 41.5 Å². The summed E-state index contributed by atoms with van der Waals surface area (Å²) in [5.74, 6) is 2.21. The second-order valence-electron chi connectivity index (χ2n) is 9.67. The van der Waals surface area contributed by atoms with Crippen LogP contribution in [0.5, 0.6) is 0 Å². The molecule has 3 aromatic heterocycles. The molecule has 8 bridgehead atoms. The topological polar surface area (TPSA) is 106 Å². The van der Waals surface area contributed by atoms with Gasteiger partial charge in [0.1, 0.15) is 0 Å². The second kappa shape index (κ2) is 14.4. The third-order valence-corrected chi connectivity index (χ3v) is 7.33. The third-order valence-electron chi connectivity index (χ3n) is 7.33. The van der Waals surface area contributed by atoms with Crippen LogP contribution in [-0.2, 0) is 16.5 Å². The molecular weight excluding hydrogens is 627 g/mol. The number of benzene rings is 4. The first-order chi connectivity index (χ1) is 22.8. The van der Waals surface area contributed by atoms with E-state index in [2.05, 4.69) is 0 Å². The molecule has 9 rings (SSSR count). The molecule has 0 saturated carbocycles. The van der Waals surface area contributed by atoms with Gasteiger partial charge in [0, 0.05) is 44.8 Å². The summed E-state index contributed by atoms with van der Waals surface area (Å²) in [7, 11) is 0. The average Bonchev–Trinajstić information content (AvgIpc) is 3.87. The van der Waals surface area contributed by atoms with E-state index in [4.69, 9.17) is 39.9 Å². The number of fused-ring (bicyclic) bond motifs is 20. The molecule has 2 aliphatic heterocycles. The summed E-state index contributed by atoms with van der Waals surface area (Å²) < 4.78 is 0. The molecule has 0 radical (unpaired) electrons. The molecule has 0 aliphatic carbocycles. The fourth-order valence-electron chi connectivity index (χ4n) is 5.46. The van der Waals surface area contributed by atoms with Gasteiger partial charge in [0.25, 0.3) is 0 Å². The number of rotatable bonds is 0. The Bertz CT molecular complexity index is 2040. The van der Waals surface area contributed by atoms with Crippen molar-refractivity contribution in [2.45, 2.75) is 41.5 Å². The second-order valence-corrected chi connectivity index (χ2v) is 9.67. The smallest absolute Gasteiger partial charge is 0.357 e. The molecule has 5 heterocycles. The molecule has 7 aromatic rings. The van der Waals surface area contributed by atoms with Gasteiger partial charge < -0.3 is 29.9 Å². The molecule has 0 unspecified atom stereocenters. The van der Waals surface area contributed by atoms with Gasteiger partial charge >= 0.3 is 16.5 Å². The Hall–Kier alpha value is -5.27. The molecule has 0 amide bonds. The first-order valence-corrected chi connectivity index (χ1v) is 15.9. The number of aromatic nitrogens is 8. The van der Waals surface area contributed by atoms with Gasteiger partial charge in [-0.3, -0.25) is 0 Å². The first-order valence-electron chi connectivity index (χ1n) is 15.9. The van der Waals surface area contributed by atoms with Crippen molar-refractivity contribution in [2.75, 3.05) is 0 Å². The monoisotopic (exact) mass is 660 g/mol. The Morgan fingerprint density at radius 2 is 0.532 bits per heavy atom. The average molecular weight is 661 g/mol. The largest absolute Gasteiger partial charge is 2.00 e. The van der Waals surface area contributed by atoms with Crippen LogP contribution in [0.4, 0.5) is 0 Å². The fraction of sp³-hybridized carbons (Fsp3) is 0.158. The Balaban J connectivity index is 0.000000589. The summed E-state index contributed by atoms with van der Waals surface area (Å²) in [6.45, 7) is 12.0. The minimum Gasteiger partial charge on any atom is -0.357 e. The Kier molecular flexibility index (Phi) is 10.2. The van der Waals surface area contributed by atoms with Crippen LogP contribution in [0.15, 0.2) is 97.1 Å². The van der Waals surface area contributed by atoms with Crippen molar-refractivity contribution in [3.63, 3.8) is 0 Å². The number of hydrogen-bond acceptors (Lipinski definition) is 6. The summed E-state index contributed by atoms with van der Waals surface area (Å²) in [4.78, 5) is 39.3. The number of hydrogen-bond donors (Lipinski definition) is 0. The molecule has 0 fully saturated rings. The molecule has 0 atom stereocenters. The van der Waals surface area contributed by atoms with E-state index < -0.39 is 0 Å². The van der Waals surface area contributed by atoms with Gasteiger partial charge in [0.2, 0.25) is 0 Å². The van der Waals surface area contributed by atoms with Gasteiger partial charge in [-0.1, -0.05) is 139 Å². The molecule has 236 valence electrons. The first kappa shape index (κ1) is 33.1. The van der Waals surface area contributed by atoms with E-state index in [1.165, 1.54) is 0 Å². The van der Waals surface area contributed by atoms with E-state index in [0.717, 1.165) is 43.8 Å². The molecule has 4 aromatic carbocycles. The van der Waals surface area contributed by atoms with E-state index >= 15 is 0 Å². The van der Waals surface area contributed by atoms with E-state index in [1.807, 2.05) is 139 Å². The molecule has 8 nitrogen and oxygen atoms in total. The predicted molar refractivity (Wildman–Crippen MR) is 188 cm³/mol. The maximum atomic E-state index is 4.95. The summed E-state index contributed by atoms with van der Waals surface area (Å²) in [6, 6.07) is 31.8. The molecule has 0 saturated heterocycles. The van der Waals surface area contributed by atoms with Gasteiger partial charge in [-0.25, -0.2) is 9.97 Å². The standard InChI is InChI=1S/C32H16N8.3C2H6.Ni/c1-2-10-18-17(9-1)25-33-26(18)38-28-21-13-5-6-14-22(21)30(35-28)40-32-24-16-8-7-15-23(24)31(36-32)39-29-20-12-4-3-11-19(20)27(34-29)37-25;3*1-2;/h1-16H;3*1-2H3;/q-2;;;;+2. The van der Waals surface area contributed by atoms with Crippen LogP contribution in [0.3, 0.4) is 0 Å². The summed E-state index contributed by atoms with van der Waals surface area (Å²) in [6.07, 6.45) is 0. The Morgan fingerprint density at radius 3 is 0.766 bits per heavy atom. The molecular formula is C38H34N8Ni. The van der Waals surface area contributed by atoms with E-state index in [9.17, 15) is 0 Å². The minimum atomic E-state index is 0. The van der Waals surface area contributed by atoms with Gasteiger partial charge in [0.15, 0.2) is 0 Å². The minimum absolute atomic E-state index is 0. The summed E-state index contributed by atoms with van der Waals surface area (Å²) >= 11 is 0. The van der Waals surface area contributed by atoms with Gasteiger partial charge in [-0.05, 0) is 21.5 Å². The predicted octanol–water partition coefficient (Wildman–Crippen LogP) is 9.20. The SMILES string of the molecule is CC.CC.CC.[Ni+2].c1ccc2c(c1)-c1nc-2nc2[n-]c(nc3nc(nc4[n-]c(n1)c1ccccc41)-c1ccccc1-3)c1ccccc21. The van der Waals surface area contributed by atoms with Gasteiger partial charge in [-0.2, -0.15) is 0 Å². The van der Waals surface area contributed by atoms with Crippen molar-refractivity contribution >= 4 is 44.1 Å². The maximum Gasteiger partial charge on any atom is 2.00 e. The Labute approximate surface area is 283 Å². The van der Waals surface area contributed by atoms with Crippen LogP contribution in [0.2, 0.25) is 0 Å². The van der Waals surface area contributed by atoms with E-state index in [-0.39, 0.29) is 16.5 Å². The van der Waals surface area contributed by atoms with Crippen molar-refractivity contribution < 1.29 is 16.5 Å². The molecule has 9 heteroatoms. The number of nitrogens with zero attached hydrogens (tertiary/aromatic N) is 8. The summed E-state index contributed by atoms with van der Waals surface area (Å²) in [5, 5.41) is 3.57. The van der Waals surface area contributed by atoms with Crippen molar-refractivity contribution in [3.8, 4) is 45.6 Å². The molecule has 2 aliphatic rings. The van der Waals surface area contributed by atoms with Crippen molar-refractivity contribution in [1.29, 1.82) is 0 Å². The molecule has 0 N–H and O–H groups in total. The zero-order valence-electron chi connectivity index (χ0n) is 27.1. The fourth-order valence-corrected chi connectivity index (χ4v) is 5.46. The zero-order valence-corrected chi connectivity index (χ0v) is 28.1. The van der Waals surface area contributed by atoms with E-state index in [0.29, 0.717) is 45.9 Å². The molecule has 47 heavy (non-hydrogen) atoms.